The van der Waals surface area contributed by atoms with E-state index >= 15 is 0 Å². The Hall–Kier alpha value is -0.930. The van der Waals surface area contributed by atoms with E-state index in [1.165, 1.54) is 19.3 Å². The molecule has 2 nitrogen and oxygen atoms in total. The predicted octanol–water partition coefficient (Wildman–Crippen LogP) is 3.66. The maximum absolute atomic E-state index is 13.9. The van der Waals surface area contributed by atoms with E-state index in [0.29, 0.717) is 5.56 Å². The summed E-state index contributed by atoms with van der Waals surface area (Å²) in [5.74, 6) is -0.114. The lowest BCUT2D eigenvalue weighted by atomic mass is 9.85. The van der Waals surface area contributed by atoms with E-state index in [-0.39, 0.29) is 17.4 Å². The Labute approximate surface area is 122 Å². The fourth-order valence-electron chi connectivity index (χ4n) is 3.37. The summed E-state index contributed by atoms with van der Waals surface area (Å²) >= 11 is 0. The van der Waals surface area contributed by atoms with Gasteiger partial charge in [0.15, 0.2) is 0 Å². The first-order chi connectivity index (χ1) is 9.46. The van der Waals surface area contributed by atoms with Crippen molar-refractivity contribution in [2.24, 2.45) is 0 Å². The van der Waals surface area contributed by atoms with Crippen LogP contribution in [0.25, 0.3) is 0 Å². The van der Waals surface area contributed by atoms with Crippen molar-refractivity contribution in [1.82, 2.24) is 10.2 Å². The van der Waals surface area contributed by atoms with Gasteiger partial charge in [-0.3, -0.25) is 4.90 Å². The molecule has 1 aliphatic rings. The number of halogens is 1. The highest BCUT2D eigenvalue weighted by atomic mass is 19.1. The topological polar surface area (TPSA) is 15.3 Å². The summed E-state index contributed by atoms with van der Waals surface area (Å²) in [4.78, 5) is 2.54. The van der Waals surface area contributed by atoms with Crippen LogP contribution >= 0.6 is 0 Å². The van der Waals surface area contributed by atoms with Gasteiger partial charge in [0.25, 0.3) is 0 Å². The first kappa shape index (κ1) is 15.5. The molecule has 112 valence electrons. The standard InChI is InChI=1S/C17H27FN2/c1-13-8-9-14(12-15(13)18)16(19-4)17(2,3)20-10-6-5-7-11-20/h8-9,12,16,19H,5-7,10-11H2,1-4H3. The molecule has 1 heterocycles. The quantitative estimate of drug-likeness (QED) is 0.904. The van der Waals surface area contributed by atoms with E-state index in [4.69, 9.17) is 0 Å². The summed E-state index contributed by atoms with van der Waals surface area (Å²) in [5, 5.41) is 3.39. The third-order valence-electron chi connectivity index (χ3n) is 4.70. The molecule has 1 N–H and O–H groups in total. The second-order valence-corrected chi connectivity index (χ2v) is 6.43. The molecule has 1 atom stereocenters. The first-order valence-electron chi connectivity index (χ1n) is 7.65. The van der Waals surface area contributed by atoms with Crippen LogP contribution < -0.4 is 5.32 Å². The van der Waals surface area contributed by atoms with Gasteiger partial charge in [-0.05, 0) is 70.9 Å². The molecule has 1 aromatic rings. The van der Waals surface area contributed by atoms with E-state index in [1.54, 1.807) is 6.07 Å². The van der Waals surface area contributed by atoms with E-state index in [0.717, 1.165) is 18.7 Å². The zero-order chi connectivity index (χ0) is 14.8. The van der Waals surface area contributed by atoms with Crippen molar-refractivity contribution in [2.45, 2.75) is 51.6 Å². The van der Waals surface area contributed by atoms with Gasteiger partial charge in [0.2, 0.25) is 0 Å². The molecule has 1 unspecified atom stereocenters. The number of likely N-dealkylation sites (tertiary alicyclic amines) is 1. The van der Waals surface area contributed by atoms with Gasteiger partial charge in [-0.2, -0.15) is 0 Å². The zero-order valence-electron chi connectivity index (χ0n) is 13.2. The molecule has 1 fully saturated rings. The van der Waals surface area contributed by atoms with Gasteiger partial charge in [-0.1, -0.05) is 18.6 Å². The van der Waals surface area contributed by atoms with Gasteiger partial charge in [-0.15, -0.1) is 0 Å². The molecule has 0 aromatic heterocycles. The maximum Gasteiger partial charge on any atom is 0.126 e. The molecule has 0 spiro atoms. The largest absolute Gasteiger partial charge is 0.311 e. The average molecular weight is 278 g/mol. The number of hydrogen-bond donors (Lipinski definition) is 1. The maximum atomic E-state index is 13.9. The number of piperidine rings is 1. The third kappa shape index (κ3) is 3.04. The lowest BCUT2D eigenvalue weighted by Crippen LogP contribution is -2.53. The molecule has 20 heavy (non-hydrogen) atoms. The molecule has 0 bridgehead atoms. The summed E-state index contributed by atoms with van der Waals surface area (Å²) in [6.45, 7) is 8.61. The van der Waals surface area contributed by atoms with Crippen LogP contribution in [-0.2, 0) is 0 Å². The number of hydrogen-bond acceptors (Lipinski definition) is 2. The van der Waals surface area contributed by atoms with Gasteiger partial charge >= 0.3 is 0 Å². The number of rotatable bonds is 4. The van der Waals surface area contributed by atoms with Gasteiger partial charge in [-0.25, -0.2) is 4.39 Å². The van der Waals surface area contributed by atoms with Gasteiger partial charge in [0.05, 0.1) is 0 Å². The van der Waals surface area contributed by atoms with Crippen molar-refractivity contribution >= 4 is 0 Å². The minimum atomic E-state index is -0.114. The lowest BCUT2D eigenvalue weighted by Gasteiger charge is -2.46. The first-order valence-corrected chi connectivity index (χ1v) is 7.65. The Morgan fingerprint density at radius 2 is 1.85 bits per heavy atom. The van der Waals surface area contributed by atoms with Gasteiger partial charge in [0.1, 0.15) is 5.82 Å². The Morgan fingerprint density at radius 1 is 1.20 bits per heavy atom. The molecular weight excluding hydrogens is 251 g/mol. The van der Waals surface area contributed by atoms with Crippen LogP contribution in [0.2, 0.25) is 0 Å². The molecular formula is C17H27FN2. The molecule has 0 aliphatic carbocycles. The second-order valence-electron chi connectivity index (χ2n) is 6.43. The van der Waals surface area contributed by atoms with Crippen LogP contribution in [-0.4, -0.2) is 30.6 Å². The summed E-state index contributed by atoms with van der Waals surface area (Å²) < 4.78 is 13.9. The second kappa shape index (κ2) is 6.23. The van der Waals surface area contributed by atoms with Crippen LogP contribution in [0.15, 0.2) is 18.2 Å². The van der Waals surface area contributed by atoms with E-state index in [2.05, 4.69) is 24.1 Å². The minimum absolute atomic E-state index is 0.0170. The zero-order valence-corrected chi connectivity index (χ0v) is 13.2. The smallest absolute Gasteiger partial charge is 0.126 e. The predicted molar refractivity (Wildman–Crippen MR) is 82.4 cm³/mol. The van der Waals surface area contributed by atoms with Crippen LogP contribution in [0, 0.1) is 12.7 Å². The Balaban J connectivity index is 2.27. The molecule has 0 saturated carbocycles. The summed E-state index contributed by atoms with van der Waals surface area (Å²) in [6.07, 6.45) is 3.86. The number of benzene rings is 1. The van der Waals surface area contributed by atoms with Crippen molar-refractivity contribution in [3.8, 4) is 0 Å². The number of nitrogens with zero attached hydrogens (tertiary/aromatic N) is 1. The summed E-state index contributed by atoms with van der Waals surface area (Å²) in [7, 11) is 1.97. The van der Waals surface area contributed by atoms with E-state index in [9.17, 15) is 4.39 Å². The summed E-state index contributed by atoms with van der Waals surface area (Å²) in [5.41, 5.74) is 1.72. The molecule has 1 aromatic carbocycles. The number of aryl methyl sites for hydroxylation is 1. The molecule has 1 aliphatic heterocycles. The van der Waals surface area contributed by atoms with Crippen LogP contribution in [0.5, 0.6) is 0 Å². The third-order valence-corrected chi connectivity index (χ3v) is 4.70. The van der Waals surface area contributed by atoms with Crippen LogP contribution in [0.1, 0.15) is 50.3 Å². The van der Waals surface area contributed by atoms with E-state index < -0.39 is 0 Å². The van der Waals surface area contributed by atoms with Crippen molar-refractivity contribution in [3.05, 3.63) is 35.1 Å². The summed E-state index contributed by atoms with van der Waals surface area (Å²) in [6, 6.07) is 5.74. The highest BCUT2D eigenvalue weighted by Crippen LogP contribution is 2.33. The average Bonchev–Trinajstić information content (AvgIpc) is 2.44. The SMILES string of the molecule is CNC(c1ccc(C)c(F)c1)C(C)(C)N1CCCCC1. The van der Waals surface area contributed by atoms with Gasteiger partial charge in [0, 0.05) is 11.6 Å². The fourth-order valence-corrected chi connectivity index (χ4v) is 3.37. The monoisotopic (exact) mass is 278 g/mol. The number of likely N-dealkylation sites (N-methyl/N-ethyl adjacent to an activating group) is 1. The normalized spacial score (nSPS) is 19.1. The van der Waals surface area contributed by atoms with Gasteiger partial charge < -0.3 is 5.32 Å². The minimum Gasteiger partial charge on any atom is -0.311 e. The molecule has 3 heteroatoms. The molecule has 0 amide bonds. The van der Waals surface area contributed by atoms with Crippen LogP contribution in [0.4, 0.5) is 4.39 Å². The highest BCUT2D eigenvalue weighted by molar-refractivity contribution is 5.28. The van der Waals surface area contributed by atoms with Crippen molar-refractivity contribution in [1.29, 1.82) is 0 Å². The van der Waals surface area contributed by atoms with E-state index in [1.807, 2.05) is 26.1 Å². The highest BCUT2D eigenvalue weighted by Gasteiger charge is 2.36. The van der Waals surface area contributed by atoms with Crippen LogP contribution in [0.3, 0.4) is 0 Å². The Kier molecular flexibility index (Phi) is 4.82. The molecule has 1 saturated heterocycles. The Morgan fingerprint density at radius 3 is 2.40 bits per heavy atom. The number of nitrogens with one attached hydrogen (secondary N) is 1. The molecule has 0 radical (unpaired) electrons. The van der Waals surface area contributed by atoms with Crippen molar-refractivity contribution < 1.29 is 4.39 Å². The Bertz CT molecular complexity index is 450. The van der Waals surface area contributed by atoms with Crippen molar-refractivity contribution in [3.63, 3.8) is 0 Å². The fraction of sp³-hybridized carbons (Fsp3) is 0.647. The molecule has 2 rings (SSSR count). The lowest BCUT2D eigenvalue weighted by molar-refractivity contribution is 0.0632. The van der Waals surface area contributed by atoms with Crippen molar-refractivity contribution in [2.75, 3.05) is 20.1 Å².